The highest BCUT2D eigenvalue weighted by molar-refractivity contribution is 5.92. The first kappa shape index (κ1) is 29.0. The minimum atomic E-state index is -1.21. The van der Waals surface area contributed by atoms with Gasteiger partial charge in [-0.05, 0) is 36.7 Å². The van der Waals surface area contributed by atoms with Crippen molar-refractivity contribution in [1.82, 2.24) is 0 Å². The largest absolute Gasteiger partial charge is 0.481 e. The highest BCUT2D eigenvalue weighted by Gasteiger charge is 3.01. The van der Waals surface area contributed by atoms with E-state index in [4.69, 9.17) is 49.8 Å². The fourth-order valence-electron chi connectivity index (χ4n) is 8.39. The summed E-state index contributed by atoms with van der Waals surface area (Å²) in [5, 5.41) is 34.0. The first-order chi connectivity index (χ1) is 19.3. The molecule has 0 aromatic heterocycles. The maximum absolute atomic E-state index is 12.7. The predicted octanol–water partition coefficient (Wildman–Crippen LogP) is -0.820. The van der Waals surface area contributed by atoms with Gasteiger partial charge in [0.2, 0.25) is 0 Å². The van der Waals surface area contributed by atoms with E-state index in [1.165, 1.54) is 0 Å². The van der Waals surface area contributed by atoms with Crippen LogP contribution < -0.4 is 5.73 Å². The second-order valence-corrected chi connectivity index (χ2v) is 13.1. The van der Waals surface area contributed by atoms with Crippen molar-refractivity contribution >= 4 is 17.9 Å². The molecule has 7 rings (SSSR count). The summed E-state index contributed by atoms with van der Waals surface area (Å²) in [5.74, 6) is -1.63. The Morgan fingerprint density at radius 1 is 1.10 bits per heavy atom. The average Bonchev–Trinajstić information content (AvgIpc) is 3.86. The second kappa shape index (κ2) is 9.18. The highest BCUT2D eigenvalue weighted by Crippen LogP contribution is 2.83. The van der Waals surface area contributed by atoms with Gasteiger partial charge in [-0.2, -0.15) is 0 Å². The van der Waals surface area contributed by atoms with Crippen LogP contribution in [0.2, 0.25) is 0 Å². The van der Waals surface area contributed by atoms with Gasteiger partial charge in [0.15, 0.2) is 11.7 Å². The smallest absolute Gasteiger partial charge is 0.334 e. The number of hydrogen-bond donors (Lipinski definition) is 5. The number of aliphatic hydroxyl groups excluding tert-OH is 3. The van der Waals surface area contributed by atoms with Crippen LogP contribution in [0.4, 0.5) is 0 Å². The van der Waals surface area contributed by atoms with Gasteiger partial charge in [0, 0.05) is 11.0 Å². The molecular formula is C28H39NO12. The van der Waals surface area contributed by atoms with Crippen LogP contribution in [0.3, 0.4) is 0 Å². The summed E-state index contributed by atoms with van der Waals surface area (Å²) in [6.07, 6.45) is 0.464. The van der Waals surface area contributed by atoms with Gasteiger partial charge in [0.05, 0.1) is 44.3 Å². The number of carboxylic acids is 1. The highest BCUT2D eigenvalue weighted by atomic mass is 16.8. The molecule has 2 spiro atoms. The number of cyclic esters (lactones) is 1. The second-order valence-electron chi connectivity index (χ2n) is 13.1. The molecule has 0 aromatic carbocycles. The Labute approximate surface area is 236 Å². The number of carbonyl (C=O) groups is 3. The van der Waals surface area contributed by atoms with Gasteiger partial charge in [-0.25, -0.2) is 4.79 Å². The quantitative estimate of drug-likeness (QED) is 0.175. The van der Waals surface area contributed by atoms with Crippen LogP contribution in [0.15, 0.2) is 11.1 Å². The van der Waals surface area contributed by atoms with Crippen LogP contribution >= 0.6 is 0 Å². The lowest BCUT2D eigenvalue weighted by Crippen LogP contribution is -2.70. The minimum absolute atomic E-state index is 0.0632. The standard InChI is InChI=1S/C24H28O9.C4H11NO3/c1-10(2)22-17(32-22)18-24(33-18)21(3)7-6-11-12(9-29-19(11)28)13(21)8-14-23(24,31-14)20(22)30-16(27)5-4-15(25)26;5-4(1-6,2-7)3-8/h10,13-14,17-18,20H,4-9H2,1-3H3,(H,25,26);6-8H,1-3,5H2/t13-,14-,17-,18+,20+,21-,22-,23+,24-;/m0./s1. The fourth-order valence-corrected chi connectivity index (χ4v) is 8.39. The molecule has 2 saturated carbocycles. The molecule has 9 atom stereocenters. The number of rotatable bonds is 8. The zero-order valence-electron chi connectivity index (χ0n) is 23.5. The number of carboxylic acid groups (broad SMARTS) is 1. The van der Waals surface area contributed by atoms with Crippen molar-refractivity contribution < 1.29 is 58.5 Å². The van der Waals surface area contributed by atoms with E-state index in [2.05, 4.69) is 6.92 Å². The molecule has 13 nitrogen and oxygen atoms in total. The summed E-state index contributed by atoms with van der Waals surface area (Å²) in [7, 11) is 0. The third-order valence-corrected chi connectivity index (χ3v) is 10.8. The van der Waals surface area contributed by atoms with Crippen LogP contribution in [0, 0.1) is 17.3 Å². The van der Waals surface area contributed by atoms with Gasteiger partial charge >= 0.3 is 17.9 Å². The lowest BCUT2D eigenvalue weighted by atomic mass is 9.46. The topological polar surface area (TPSA) is 214 Å². The van der Waals surface area contributed by atoms with E-state index >= 15 is 0 Å². The van der Waals surface area contributed by atoms with E-state index in [1.54, 1.807) is 0 Å². The van der Waals surface area contributed by atoms with Crippen molar-refractivity contribution in [1.29, 1.82) is 0 Å². The maximum atomic E-state index is 12.7. The zero-order valence-corrected chi connectivity index (χ0v) is 23.5. The number of ether oxygens (including phenoxy) is 5. The summed E-state index contributed by atoms with van der Waals surface area (Å²) in [4.78, 5) is 36.0. The van der Waals surface area contributed by atoms with Crippen molar-refractivity contribution in [3.8, 4) is 0 Å². The van der Waals surface area contributed by atoms with Gasteiger partial charge in [0.25, 0.3) is 0 Å². The van der Waals surface area contributed by atoms with Crippen molar-refractivity contribution in [3.05, 3.63) is 11.1 Å². The predicted molar refractivity (Wildman–Crippen MR) is 136 cm³/mol. The fraction of sp³-hybridized carbons (Fsp3) is 0.821. The molecule has 7 aliphatic rings. The number of aliphatic carboxylic acids is 1. The molecule has 41 heavy (non-hydrogen) atoms. The van der Waals surface area contributed by atoms with Crippen LogP contribution in [-0.2, 0) is 38.1 Å². The van der Waals surface area contributed by atoms with Gasteiger partial charge in [0.1, 0.15) is 30.0 Å². The Balaban J connectivity index is 0.000000334. The third kappa shape index (κ3) is 3.63. The van der Waals surface area contributed by atoms with Crippen LogP contribution in [0.25, 0.3) is 0 Å². The lowest BCUT2D eigenvalue weighted by Gasteiger charge is -2.53. The van der Waals surface area contributed by atoms with E-state index in [0.717, 1.165) is 17.6 Å². The molecule has 0 amide bonds. The molecule has 0 aromatic rings. The number of nitrogens with two attached hydrogens (primary N) is 1. The van der Waals surface area contributed by atoms with E-state index in [9.17, 15) is 14.4 Å². The average molecular weight is 582 g/mol. The van der Waals surface area contributed by atoms with Gasteiger partial charge in [-0.1, -0.05) is 20.8 Å². The Kier molecular flexibility index (Phi) is 6.49. The van der Waals surface area contributed by atoms with Crippen molar-refractivity contribution in [2.24, 2.45) is 23.0 Å². The number of epoxide rings is 3. The van der Waals surface area contributed by atoms with Crippen LogP contribution in [-0.4, -0.2) is 112 Å². The molecule has 3 aliphatic carbocycles. The molecule has 228 valence electrons. The molecule has 4 heterocycles. The number of hydrogen-bond acceptors (Lipinski definition) is 12. The Bertz CT molecular complexity index is 1190. The normalized spacial score (nSPS) is 44.1. The van der Waals surface area contributed by atoms with Crippen LogP contribution in [0.5, 0.6) is 0 Å². The van der Waals surface area contributed by atoms with Crippen LogP contribution in [0.1, 0.15) is 52.9 Å². The summed E-state index contributed by atoms with van der Waals surface area (Å²) < 4.78 is 30.9. The van der Waals surface area contributed by atoms with Crippen molar-refractivity contribution in [2.75, 3.05) is 26.4 Å². The van der Waals surface area contributed by atoms with Gasteiger partial charge < -0.3 is 49.8 Å². The molecule has 13 heteroatoms. The van der Waals surface area contributed by atoms with E-state index in [1.807, 2.05) is 13.8 Å². The van der Waals surface area contributed by atoms with E-state index < -0.39 is 60.2 Å². The minimum Gasteiger partial charge on any atom is -0.481 e. The molecule has 0 bridgehead atoms. The van der Waals surface area contributed by atoms with E-state index in [0.29, 0.717) is 19.4 Å². The SMILES string of the molecule is CC(C)[C@]12O[C@H]1[C@H]1O[C@@]13[C@]1(O[C@H]1C[C@H]1C4=C(CC[C@@]13C)C(=O)OC4)[C@@H]2OC(=O)CCC(=O)O.NC(CO)(CO)CO. The Morgan fingerprint density at radius 2 is 1.78 bits per heavy atom. The lowest BCUT2D eigenvalue weighted by molar-refractivity contribution is -0.170. The van der Waals surface area contributed by atoms with Crippen molar-refractivity contribution in [2.45, 2.75) is 99.6 Å². The summed E-state index contributed by atoms with van der Waals surface area (Å²) in [6.45, 7) is 5.44. The monoisotopic (exact) mass is 581 g/mol. The molecule has 0 unspecified atom stereocenters. The van der Waals surface area contributed by atoms with Gasteiger partial charge in [-0.3, -0.25) is 9.59 Å². The number of fused-ring (bicyclic) bond motifs is 4. The maximum Gasteiger partial charge on any atom is 0.334 e. The molecular weight excluding hydrogens is 542 g/mol. The summed E-state index contributed by atoms with van der Waals surface area (Å²) in [6, 6.07) is 0. The zero-order chi connectivity index (χ0) is 29.8. The van der Waals surface area contributed by atoms with Gasteiger partial charge in [-0.15, -0.1) is 0 Å². The summed E-state index contributed by atoms with van der Waals surface area (Å²) >= 11 is 0. The number of carbonyl (C=O) groups excluding carboxylic acids is 2. The molecule has 6 N–H and O–H groups in total. The first-order valence-corrected chi connectivity index (χ1v) is 14.3. The van der Waals surface area contributed by atoms with Crippen molar-refractivity contribution in [3.63, 3.8) is 0 Å². The molecule has 0 radical (unpaired) electrons. The Morgan fingerprint density at radius 3 is 2.37 bits per heavy atom. The molecule has 4 aliphatic heterocycles. The third-order valence-electron chi connectivity index (χ3n) is 10.8. The molecule has 5 fully saturated rings. The molecule has 3 saturated heterocycles. The first-order valence-electron chi connectivity index (χ1n) is 14.3. The Hall–Kier alpha value is -2.13. The van der Waals surface area contributed by atoms with E-state index in [-0.39, 0.29) is 54.4 Å². The number of aliphatic hydroxyl groups is 3. The number of esters is 2. The summed E-state index contributed by atoms with van der Waals surface area (Å²) in [5.41, 5.74) is 3.37.